The Morgan fingerprint density at radius 3 is 2.91 bits per heavy atom. The van der Waals surface area contributed by atoms with Gasteiger partial charge in [-0.2, -0.15) is 0 Å². The third kappa shape index (κ3) is 1.73. The molecule has 1 rings (SSSR count). The highest BCUT2D eigenvalue weighted by Gasteiger charge is 2.33. The molecule has 0 aliphatic carbocycles. The van der Waals surface area contributed by atoms with Gasteiger partial charge in [0.25, 0.3) is 0 Å². The summed E-state index contributed by atoms with van der Waals surface area (Å²) in [7, 11) is 0. The van der Waals surface area contributed by atoms with Crippen LogP contribution in [0.4, 0.5) is 0 Å². The monoisotopic (exact) mass is 156 g/mol. The van der Waals surface area contributed by atoms with Crippen molar-refractivity contribution in [1.29, 1.82) is 0 Å². The first-order chi connectivity index (χ1) is 5.19. The van der Waals surface area contributed by atoms with Gasteiger partial charge in [-0.05, 0) is 32.6 Å². The summed E-state index contributed by atoms with van der Waals surface area (Å²) in [4.78, 5) is 11.3. The molecule has 0 amide bonds. The molecule has 1 saturated heterocycles. The van der Waals surface area contributed by atoms with E-state index in [0.29, 0.717) is 6.61 Å². The molecule has 0 aromatic carbocycles. The van der Waals surface area contributed by atoms with E-state index in [1.807, 2.05) is 13.8 Å². The van der Waals surface area contributed by atoms with E-state index >= 15 is 0 Å². The lowest BCUT2D eigenvalue weighted by Gasteiger charge is -2.22. The fourth-order valence-corrected chi connectivity index (χ4v) is 1.38. The zero-order valence-electron chi connectivity index (χ0n) is 7.35. The van der Waals surface area contributed by atoms with Crippen molar-refractivity contribution < 1.29 is 9.53 Å². The number of rotatable bonds is 1. The third-order valence-electron chi connectivity index (χ3n) is 2.63. The molecule has 0 saturated carbocycles. The predicted octanol–water partition coefficient (Wildman–Crippen LogP) is 2.13. The number of esters is 1. The number of carbonyl (C=O) groups is 1. The molecule has 64 valence electrons. The molecule has 0 radical (unpaired) electrons. The Morgan fingerprint density at radius 1 is 1.55 bits per heavy atom. The molecule has 0 aromatic rings. The van der Waals surface area contributed by atoms with Crippen LogP contribution < -0.4 is 0 Å². The minimum absolute atomic E-state index is 0.00231. The maximum atomic E-state index is 11.3. The van der Waals surface area contributed by atoms with Gasteiger partial charge in [-0.3, -0.25) is 4.79 Å². The van der Waals surface area contributed by atoms with Crippen LogP contribution in [0.1, 0.15) is 39.5 Å². The van der Waals surface area contributed by atoms with Gasteiger partial charge in [0.15, 0.2) is 0 Å². The van der Waals surface area contributed by atoms with Gasteiger partial charge in [0.05, 0.1) is 12.0 Å². The minimum atomic E-state index is -0.198. The van der Waals surface area contributed by atoms with Gasteiger partial charge in [0, 0.05) is 0 Å². The molecular formula is C9H16O2. The summed E-state index contributed by atoms with van der Waals surface area (Å²) in [6.07, 6.45) is 4.03. The summed E-state index contributed by atoms with van der Waals surface area (Å²) in [5, 5.41) is 0. The van der Waals surface area contributed by atoms with Crippen LogP contribution in [-0.4, -0.2) is 12.6 Å². The lowest BCUT2D eigenvalue weighted by Crippen LogP contribution is -2.27. The number of hydrogen-bond acceptors (Lipinski definition) is 2. The molecule has 1 heterocycles. The molecule has 11 heavy (non-hydrogen) atoms. The molecule has 0 spiro atoms. The molecule has 1 aliphatic rings. The molecule has 1 unspecified atom stereocenters. The molecule has 2 heteroatoms. The van der Waals surface area contributed by atoms with Crippen LogP contribution in [-0.2, 0) is 9.53 Å². The molecule has 2 nitrogen and oxygen atoms in total. The van der Waals surface area contributed by atoms with Crippen LogP contribution in [0.5, 0.6) is 0 Å². The normalized spacial score (nSPS) is 32.7. The zero-order valence-corrected chi connectivity index (χ0v) is 7.35. The van der Waals surface area contributed by atoms with Gasteiger partial charge in [-0.15, -0.1) is 0 Å². The summed E-state index contributed by atoms with van der Waals surface area (Å²) in [5.74, 6) is -0.00231. The Hall–Kier alpha value is -0.530. The zero-order chi connectivity index (χ0) is 8.32. The second-order valence-electron chi connectivity index (χ2n) is 3.51. The Kier molecular flexibility index (Phi) is 2.53. The first-order valence-electron chi connectivity index (χ1n) is 4.36. The van der Waals surface area contributed by atoms with Gasteiger partial charge in [-0.1, -0.05) is 6.92 Å². The van der Waals surface area contributed by atoms with E-state index in [9.17, 15) is 4.79 Å². The van der Waals surface area contributed by atoms with Crippen LogP contribution >= 0.6 is 0 Å². The lowest BCUT2D eigenvalue weighted by molar-refractivity contribution is -0.153. The van der Waals surface area contributed by atoms with Crippen molar-refractivity contribution in [3.05, 3.63) is 0 Å². The summed E-state index contributed by atoms with van der Waals surface area (Å²) in [5.41, 5.74) is -0.198. The van der Waals surface area contributed by atoms with Crippen LogP contribution in [0.2, 0.25) is 0 Å². The second-order valence-corrected chi connectivity index (χ2v) is 3.51. The van der Waals surface area contributed by atoms with Crippen molar-refractivity contribution in [1.82, 2.24) is 0 Å². The van der Waals surface area contributed by atoms with Crippen LogP contribution in [0.3, 0.4) is 0 Å². The average molecular weight is 156 g/mol. The molecule has 0 aromatic heterocycles. The molecule has 1 aliphatic heterocycles. The van der Waals surface area contributed by atoms with E-state index < -0.39 is 0 Å². The highest BCUT2D eigenvalue weighted by Crippen LogP contribution is 2.31. The number of carbonyl (C=O) groups excluding carboxylic acids is 1. The highest BCUT2D eigenvalue weighted by molar-refractivity contribution is 5.76. The summed E-state index contributed by atoms with van der Waals surface area (Å²) in [6.45, 7) is 4.67. The van der Waals surface area contributed by atoms with Crippen molar-refractivity contribution in [2.45, 2.75) is 39.5 Å². The molecule has 0 N–H and O–H groups in total. The van der Waals surface area contributed by atoms with E-state index in [1.165, 1.54) is 0 Å². The second kappa shape index (κ2) is 3.24. The van der Waals surface area contributed by atoms with Crippen LogP contribution in [0, 0.1) is 5.41 Å². The van der Waals surface area contributed by atoms with Gasteiger partial charge in [0.1, 0.15) is 0 Å². The molecule has 0 bridgehead atoms. The molecule has 1 fully saturated rings. The summed E-state index contributed by atoms with van der Waals surface area (Å²) in [6, 6.07) is 0. The fraction of sp³-hybridized carbons (Fsp3) is 0.889. The van der Waals surface area contributed by atoms with Crippen molar-refractivity contribution >= 4 is 5.97 Å². The Labute approximate surface area is 67.9 Å². The maximum absolute atomic E-state index is 11.3. The molecular weight excluding hydrogens is 140 g/mol. The Balaban J connectivity index is 2.66. The largest absolute Gasteiger partial charge is 0.465 e. The first kappa shape index (κ1) is 8.57. The van der Waals surface area contributed by atoms with E-state index in [-0.39, 0.29) is 11.4 Å². The average Bonchev–Trinajstić information content (AvgIpc) is 2.16. The maximum Gasteiger partial charge on any atom is 0.311 e. The lowest BCUT2D eigenvalue weighted by atomic mass is 9.83. The topological polar surface area (TPSA) is 26.3 Å². The SMILES string of the molecule is CCC1(C)CCCCOC1=O. The van der Waals surface area contributed by atoms with Crippen molar-refractivity contribution in [3.8, 4) is 0 Å². The van der Waals surface area contributed by atoms with Crippen LogP contribution in [0.15, 0.2) is 0 Å². The Morgan fingerprint density at radius 2 is 2.27 bits per heavy atom. The summed E-state index contributed by atoms with van der Waals surface area (Å²) >= 11 is 0. The standard InChI is InChI=1S/C9H16O2/c1-3-9(2)6-4-5-7-11-8(9)10/h3-7H2,1-2H3. The predicted molar refractivity (Wildman–Crippen MR) is 43.2 cm³/mol. The minimum Gasteiger partial charge on any atom is -0.465 e. The van der Waals surface area contributed by atoms with E-state index in [4.69, 9.17) is 4.74 Å². The number of cyclic esters (lactones) is 1. The third-order valence-corrected chi connectivity index (χ3v) is 2.63. The van der Waals surface area contributed by atoms with Gasteiger partial charge < -0.3 is 4.74 Å². The Bertz CT molecular complexity index is 154. The van der Waals surface area contributed by atoms with Crippen molar-refractivity contribution in [2.75, 3.05) is 6.61 Å². The fourth-order valence-electron chi connectivity index (χ4n) is 1.38. The first-order valence-corrected chi connectivity index (χ1v) is 4.36. The quantitative estimate of drug-likeness (QED) is 0.544. The van der Waals surface area contributed by atoms with Crippen molar-refractivity contribution in [2.24, 2.45) is 5.41 Å². The highest BCUT2D eigenvalue weighted by atomic mass is 16.5. The van der Waals surface area contributed by atoms with Gasteiger partial charge in [-0.25, -0.2) is 0 Å². The van der Waals surface area contributed by atoms with E-state index in [1.54, 1.807) is 0 Å². The number of ether oxygens (including phenoxy) is 1. The van der Waals surface area contributed by atoms with E-state index in [2.05, 4.69) is 0 Å². The van der Waals surface area contributed by atoms with Crippen LogP contribution in [0.25, 0.3) is 0 Å². The van der Waals surface area contributed by atoms with Gasteiger partial charge in [0.2, 0.25) is 0 Å². The van der Waals surface area contributed by atoms with Gasteiger partial charge >= 0.3 is 5.97 Å². The smallest absolute Gasteiger partial charge is 0.311 e. The number of hydrogen-bond donors (Lipinski definition) is 0. The van der Waals surface area contributed by atoms with Crippen molar-refractivity contribution in [3.63, 3.8) is 0 Å². The van der Waals surface area contributed by atoms with E-state index in [0.717, 1.165) is 25.7 Å². The summed E-state index contributed by atoms with van der Waals surface area (Å²) < 4.78 is 5.07. The molecule has 1 atom stereocenters.